The highest BCUT2D eigenvalue weighted by Crippen LogP contribution is 2.21. The van der Waals surface area contributed by atoms with Crippen LogP contribution in [-0.4, -0.2) is 5.11 Å². The molecule has 4 heteroatoms. The van der Waals surface area contributed by atoms with Gasteiger partial charge in [0, 0.05) is 11.1 Å². The van der Waals surface area contributed by atoms with E-state index in [1.165, 1.54) is 24.3 Å². The van der Waals surface area contributed by atoms with Crippen LogP contribution in [0.5, 0.6) is 5.75 Å². The molecule has 0 unspecified atom stereocenters. The van der Waals surface area contributed by atoms with E-state index in [1.54, 1.807) is 18.2 Å². The van der Waals surface area contributed by atoms with E-state index in [0.717, 1.165) is 0 Å². The first-order chi connectivity index (χ1) is 8.70. The smallest absolute Gasteiger partial charge is 0.129 e. The van der Waals surface area contributed by atoms with Gasteiger partial charge in [-0.15, -0.1) is 0 Å². The molecule has 1 N–H and O–H groups in total. The molecule has 94 valence electrons. The highest BCUT2D eigenvalue weighted by atomic mass is 19.1. The maximum Gasteiger partial charge on any atom is 0.129 e. The zero-order chi connectivity index (χ0) is 13.0. The minimum atomic E-state index is -0.447. The molecule has 0 aromatic heterocycles. The molecule has 2 nitrogen and oxygen atoms in total. The van der Waals surface area contributed by atoms with Crippen LogP contribution in [0.3, 0.4) is 0 Å². The van der Waals surface area contributed by atoms with Crippen LogP contribution < -0.4 is 4.74 Å². The van der Waals surface area contributed by atoms with Crippen molar-refractivity contribution in [3.05, 3.63) is 65.2 Å². The second kappa shape index (κ2) is 5.60. The van der Waals surface area contributed by atoms with Gasteiger partial charge in [0.2, 0.25) is 0 Å². The monoisotopic (exact) mass is 250 g/mol. The molecular weight excluding hydrogens is 238 g/mol. The summed E-state index contributed by atoms with van der Waals surface area (Å²) in [5, 5.41) is 9.07. The third-order valence-corrected chi connectivity index (χ3v) is 2.53. The SMILES string of the molecule is OCc1cc(F)ccc1OCc1ccccc1F. The fourth-order valence-corrected chi connectivity index (χ4v) is 1.58. The third kappa shape index (κ3) is 2.84. The maximum absolute atomic E-state index is 13.3. The van der Waals surface area contributed by atoms with Crippen LogP contribution in [-0.2, 0) is 13.2 Å². The molecule has 0 heterocycles. The zero-order valence-electron chi connectivity index (χ0n) is 9.57. The third-order valence-electron chi connectivity index (χ3n) is 2.53. The standard InChI is InChI=1S/C14H12F2O2/c15-12-5-6-14(11(7-12)8-17)18-9-10-3-1-2-4-13(10)16/h1-7,17H,8-9H2. The highest BCUT2D eigenvalue weighted by Gasteiger charge is 2.06. The molecule has 0 aliphatic rings. The van der Waals surface area contributed by atoms with Crippen molar-refractivity contribution in [2.24, 2.45) is 0 Å². The number of aliphatic hydroxyl groups is 1. The van der Waals surface area contributed by atoms with Crippen molar-refractivity contribution in [1.29, 1.82) is 0 Å². The van der Waals surface area contributed by atoms with E-state index < -0.39 is 5.82 Å². The molecule has 0 aliphatic heterocycles. The number of halogens is 2. The van der Waals surface area contributed by atoms with E-state index >= 15 is 0 Å². The predicted octanol–water partition coefficient (Wildman–Crippen LogP) is 3.04. The van der Waals surface area contributed by atoms with Crippen LogP contribution in [0.25, 0.3) is 0 Å². The number of hydrogen-bond donors (Lipinski definition) is 1. The van der Waals surface area contributed by atoms with Crippen LogP contribution in [0.15, 0.2) is 42.5 Å². The van der Waals surface area contributed by atoms with E-state index in [1.807, 2.05) is 0 Å². The van der Waals surface area contributed by atoms with E-state index in [4.69, 9.17) is 9.84 Å². The van der Waals surface area contributed by atoms with Crippen molar-refractivity contribution in [3.63, 3.8) is 0 Å². The van der Waals surface area contributed by atoms with Gasteiger partial charge in [0.25, 0.3) is 0 Å². The van der Waals surface area contributed by atoms with Gasteiger partial charge in [-0.25, -0.2) is 8.78 Å². The molecule has 2 aromatic rings. The maximum atomic E-state index is 13.3. The summed E-state index contributed by atoms with van der Waals surface area (Å²) in [5.41, 5.74) is 0.747. The normalized spacial score (nSPS) is 10.4. The van der Waals surface area contributed by atoms with Crippen molar-refractivity contribution in [2.75, 3.05) is 0 Å². The Morgan fingerprint density at radius 1 is 1.00 bits per heavy atom. The molecule has 0 spiro atoms. The van der Waals surface area contributed by atoms with Crippen molar-refractivity contribution >= 4 is 0 Å². The lowest BCUT2D eigenvalue weighted by Crippen LogP contribution is -2.01. The van der Waals surface area contributed by atoms with Crippen LogP contribution in [0.1, 0.15) is 11.1 Å². The van der Waals surface area contributed by atoms with Gasteiger partial charge in [-0.2, -0.15) is 0 Å². The molecule has 2 rings (SSSR count). The summed E-state index contributed by atoms with van der Waals surface area (Å²) in [5.74, 6) is -0.454. The van der Waals surface area contributed by atoms with Gasteiger partial charge >= 0.3 is 0 Å². The van der Waals surface area contributed by atoms with Crippen molar-refractivity contribution < 1.29 is 18.6 Å². The second-order valence-electron chi connectivity index (χ2n) is 3.79. The number of hydrogen-bond acceptors (Lipinski definition) is 2. The molecular formula is C14H12F2O2. The van der Waals surface area contributed by atoms with Gasteiger partial charge in [-0.1, -0.05) is 18.2 Å². The average molecular weight is 250 g/mol. The first-order valence-corrected chi connectivity index (χ1v) is 5.46. The molecule has 0 atom stereocenters. The molecule has 0 bridgehead atoms. The van der Waals surface area contributed by atoms with Gasteiger partial charge in [0.1, 0.15) is 24.0 Å². The molecule has 0 aliphatic carbocycles. The minimum absolute atomic E-state index is 0.0330. The Labute approximate surface area is 103 Å². The highest BCUT2D eigenvalue weighted by molar-refractivity contribution is 5.33. The summed E-state index contributed by atoms with van der Waals surface area (Å²) in [6, 6.07) is 10.1. The van der Waals surface area contributed by atoms with Gasteiger partial charge in [0.15, 0.2) is 0 Å². The van der Waals surface area contributed by atoms with Crippen LogP contribution in [0.2, 0.25) is 0 Å². The van der Waals surface area contributed by atoms with E-state index in [9.17, 15) is 8.78 Å². The quantitative estimate of drug-likeness (QED) is 0.903. The van der Waals surface area contributed by atoms with Crippen molar-refractivity contribution in [1.82, 2.24) is 0 Å². The topological polar surface area (TPSA) is 29.5 Å². The first-order valence-electron chi connectivity index (χ1n) is 5.46. The van der Waals surface area contributed by atoms with Gasteiger partial charge in [-0.05, 0) is 24.3 Å². The molecule has 0 saturated carbocycles. The Balaban J connectivity index is 2.13. The summed E-state index contributed by atoms with van der Waals surface area (Å²) in [4.78, 5) is 0. The van der Waals surface area contributed by atoms with Crippen LogP contribution >= 0.6 is 0 Å². The van der Waals surface area contributed by atoms with Crippen LogP contribution in [0, 0.1) is 11.6 Å². The Hall–Kier alpha value is -1.94. The molecule has 0 radical (unpaired) electrons. The molecule has 0 saturated heterocycles. The summed E-state index contributed by atoms with van der Waals surface area (Å²) < 4.78 is 31.7. The first kappa shape index (κ1) is 12.5. The summed E-state index contributed by atoms with van der Waals surface area (Å²) in [6.07, 6.45) is 0. The molecule has 2 aromatic carbocycles. The average Bonchev–Trinajstić information content (AvgIpc) is 2.39. The fraction of sp³-hybridized carbons (Fsp3) is 0.143. The summed E-state index contributed by atoms with van der Waals surface area (Å²) in [6.45, 7) is -0.296. The Morgan fingerprint density at radius 2 is 1.78 bits per heavy atom. The van der Waals surface area contributed by atoms with E-state index in [2.05, 4.69) is 0 Å². The number of rotatable bonds is 4. The largest absolute Gasteiger partial charge is 0.488 e. The van der Waals surface area contributed by atoms with Crippen molar-refractivity contribution in [3.8, 4) is 5.75 Å². The molecule has 0 amide bonds. The Kier molecular flexibility index (Phi) is 3.89. The summed E-state index contributed by atoms with van der Waals surface area (Å²) in [7, 11) is 0. The Morgan fingerprint density at radius 3 is 2.50 bits per heavy atom. The lowest BCUT2D eigenvalue weighted by Gasteiger charge is -2.10. The van der Waals surface area contributed by atoms with Gasteiger partial charge in [0.05, 0.1) is 6.61 Å². The van der Waals surface area contributed by atoms with E-state index in [-0.39, 0.29) is 19.0 Å². The number of benzene rings is 2. The predicted molar refractivity (Wildman–Crippen MR) is 63.1 cm³/mol. The van der Waals surface area contributed by atoms with Crippen LogP contribution in [0.4, 0.5) is 8.78 Å². The number of aliphatic hydroxyl groups excluding tert-OH is 1. The minimum Gasteiger partial charge on any atom is -0.488 e. The Bertz CT molecular complexity index is 541. The molecule has 18 heavy (non-hydrogen) atoms. The fourth-order valence-electron chi connectivity index (χ4n) is 1.58. The zero-order valence-corrected chi connectivity index (χ0v) is 9.57. The van der Waals surface area contributed by atoms with E-state index in [0.29, 0.717) is 16.9 Å². The lowest BCUT2D eigenvalue weighted by atomic mass is 10.2. The lowest BCUT2D eigenvalue weighted by molar-refractivity contribution is 0.256. The van der Waals surface area contributed by atoms with Crippen molar-refractivity contribution in [2.45, 2.75) is 13.2 Å². The molecule has 0 fully saturated rings. The van der Waals surface area contributed by atoms with Gasteiger partial charge in [-0.3, -0.25) is 0 Å². The second-order valence-corrected chi connectivity index (χ2v) is 3.79. The summed E-state index contributed by atoms with van der Waals surface area (Å²) >= 11 is 0. The number of ether oxygens (including phenoxy) is 1. The van der Waals surface area contributed by atoms with Gasteiger partial charge < -0.3 is 9.84 Å².